The van der Waals surface area contributed by atoms with Gasteiger partial charge in [0, 0.05) is 25.5 Å². The molecule has 1 aliphatic heterocycles. The monoisotopic (exact) mass is 262 g/mol. The molecule has 0 saturated heterocycles. The summed E-state index contributed by atoms with van der Waals surface area (Å²) in [5.41, 5.74) is 1.03. The minimum Gasteiger partial charge on any atom is -0.381 e. The second-order valence-corrected chi connectivity index (χ2v) is 5.37. The maximum atomic E-state index is 12.0. The maximum absolute atomic E-state index is 12.0. The van der Waals surface area contributed by atoms with Gasteiger partial charge in [-0.2, -0.15) is 0 Å². The lowest BCUT2D eigenvalue weighted by Gasteiger charge is -2.25. The van der Waals surface area contributed by atoms with Crippen LogP contribution in [-0.2, 0) is 16.0 Å². The second-order valence-electron chi connectivity index (χ2n) is 5.37. The van der Waals surface area contributed by atoms with E-state index in [1.165, 1.54) is 18.7 Å². The largest absolute Gasteiger partial charge is 0.381 e. The smallest absolute Gasteiger partial charge is 0.258 e. The summed E-state index contributed by atoms with van der Waals surface area (Å²) in [6, 6.07) is 5.42. The summed E-state index contributed by atoms with van der Waals surface area (Å²) in [4.78, 5) is 26.6. The van der Waals surface area contributed by atoms with Gasteiger partial charge in [-0.1, -0.05) is 0 Å². The van der Waals surface area contributed by atoms with Crippen LogP contribution >= 0.6 is 0 Å². The molecule has 0 bridgehead atoms. The summed E-state index contributed by atoms with van der Waals surface area (Å²) < 4.78 is 0. The fourth-order valence-electron chi connectivity index (χ4n) is 2.19. The Balaban J connectivity index is 2.32. The van der Waals surface area contributed by atoms with Gasteiger partial charge in [-0.15, -0.1) is 0 Å². The lowest BCUT2D eigenvalue weighted by molar-refractivity contribution is -0.133. The summed E-state index contributed by atoms with van der Waals surface area (Å²) in [5, 5.41) is 9.74. The van der Waals surface area contributed by atoms with Crippen LogP contribution in [-0.4, -0.2) is 36.6 Å². The highest BCUT2D eigenvalue weighted by Gasteiger charge is 2.29. The number of fused-ring (bicyclic) bond motifs is 1. The third-order valence-corrected chi connectivity index (χ3v) is 3.36. The van der Waals surface area contributed by atoms with Crippen LogP contribution in [0.5, 0.6) is 0 Å². The van der Waals surface area contributed by atoms with Gasteiger partial charge in [-0.05, 0) is 37.6 Å². The van der Waals surface area contributed by atoms with Crippen LogP contribution in [0.4, 0.5) is 11.4 Å². The molecule has 2 amide bonds. The molecule has 0 atom stereocenters. The van der Waals surface area contributed by atoms with E-state index >= 15 is 0 Å². The zero-order valence-electron chi connectivity index (χ0n) is 11.6. The van der Waals surface area contributed by atoms with Crippen molar-refractivity contribution in [3.8, 4) is 0 Å². The molecule has 2 rings (SSSR count). The van der Waals surface area contributed by atoms with Crippen LogP contribution in [0.3, 0.4) is 0 Å². The van der Waals surface area contributed by atoms with Crippen LogP contribution in [0, 0.1) is 0 Å². The molecule has 19 heavy (non-hydrogen) atoms. The van der Waals surface area contributed by atoms with E-state index in [0.717, 1.165) is 11.3 Å². The van der Waals surface area contributed by atoms with Crippen LogP contribution in [0.1, 0.15) is 19.4 Å². The van der Waals surface area contributed by atoms with Crippen molar-refractivity contribution in [3.63, 3.8) is 0 Å². The third-order valence-electron chi connectivity index (χ3n) is 3.36. The van der Waals surface area contributed by atoms with Crippen LogP contribution in [0.15, 0.2) is 18.2 Å². The van der Waals surface area contributed by atoms with E-state index in [2.05, 4.69) is 0 Å². The molecule has 1 aromatic rings. The number of likely N-dealkylation sites (N-methyl/N-ethyl adjacent to an activating group) is 2. The summed E-state index contributed by atoms with van der Waals surface area (Å²) in [6.07, 6.45) is 0.351. The van der Waals surface area contributed by atoms with Crippen molar-refractivity contribution in [1.82, 2.24) is 0 Å². The molecule has 1 aromatic carbocycles. The molecule has 0 saturated carbocycles. The quantitative estimate of drug-likeness (QED) is 0.863. The fraction of sp³-hybridized carbons (Fsp3) is 0.429. The maximum Gasteiger partial charge on any atom is 0.258 e. The van der Waals surface area contributed by atoms with E-state index in [9.17, 15) is 14.7 Å². The van der Waals surface area contributed by atoms with Gasteiger partial charge in [0.1, 0.15) is 5.60 Å². The van der Waals surface area contributed by atoms with Crippen LogP contribution in [0.2, 0.25) is 0 Å². The Bertz CT molecular complexity index is 546. The summed E-state index contributed by atoms with van der Waals surface area (Å²) >= 11 is 0. The minimum absolute atomic E-state index is 0.0450. The number of aliphatic hydroxyl groups is 1. The van der Waals surface area contributed by atoms with Gasteiger partial charge in [-0.3, -0.25) is 9.59 Å². The lowest BCUT2D eigenvalue weighted by atomic mass is 10.1. The molecular formula is C14H18N2O3. The van der Waals surface area contributed by atoms with Crippen molar-refractivity contribution in [2.75, 3.05) is 23.9 Å². The predicted molar refractivity (Wildman–Crippen MR) is 73.3 cm³/mol. The van der Waals surface area contributed by atoms with E-state index in [0.29, 0.717) is 12.1 Å². The topological polar surface area (TPSA) is 60.9 Å². The Hall–Kier alpha value is -1.88. The fourth-order valence-corrected chi connectivity index (χ4v) is 2.19. The molecule has 0 aliphatic carbocycles. The molecule has 102 valence electrons. The molecule has 0 radical (unpaired) electrons. The number of hydrogen-bond donors (Lipinski definition) is 1. The molecule has 1 heterocycles. The Morgan fingerprint density at radius 1 is 1.42 bits per heavy atom. The van der Waals surface area contributed by atoms with Gasteiger partial charge in [0.2, 0.25) is 5.91 Å². The predicted octanol–water partition coefficient (Wildman–Crippen LogP) is 0.939. The average Bonchev–Trinajstić information content (AvgIpc) is 2.61. The molecule has 1 aliphatic rings. The first kappa shape index (κ1) is 13.5. The highest BCUT2D eigenvalue weighted by atomic mass is 16.3. The van der Waals surface area contributed by atoms with Crippen LogP contribution in [0.25, 0.3) is 0 Å². The van der Waals surface area contributed by atoms with Crippen molar-refractivity contribution >= 4 is 23.2 Å². The van der Waals surface area contributed by atoms with E-state index in [1.54, 1.807) is 25.1 Å². The van der Waals surface area contributed by atoms with Crippen LogP contribution < -0.4 is 9.80 Å². The SMILES string of the molecule is CN(C(=O)C(C)(C)O)c1ccc2c(c1)CC(=O)N2C. The van der Waals surface area contributed by atoms with Gasteiger partial charge in [0.05, 0.1) is 6.42 Å². The van der Waals surface area contributed by atoms with E-state index in [1.807, 2.05) is 12.1 Å². The Morgan fingerprint density at radius 2 is 2.05 bits per heavy atom. The Labute approximate surface area is 112 Å². The summed E-state index contributed by atoms with van der Waals surface area (Å²) in [5.74, 6) is -0.339. The summed E-state index contributed by atoms with van der Waals surface area (Å²) in [7, 11) is 3.35. The number of carbonyl (C=O) groups excluding carboxylic acids is 2. The lowest BCUT2D eigenvalue weighted by Crippen LogP contribution is -2.43. The van der Waals surface area contributed by atoms with Crippen molar-refractivity contribution in [2.45, 2.75) is 25.9 Å². The zero-order chi connectivity index (χ0) is 14.4. The van der Waals surface area contributed by atoms with Crippen molar-refractivity contribution in [1.29, 1.82) is 0 Å². The number of nitrogens with zero attached hydrogens (tertiary/aromatic N) is 2. The van der Waals surface area contributed by atoms with Gasteiger partial charge < -0.3 is 14.9 Å². The second kappa shape index (κ2) is 4.35. The highest BCUT2D eigenvalue weighted by Crippen LogP contribution is 2.31. The first-order chi connectivity index (χ1) is 8.71. The number of hydrogen-bond acceptors (Lipinski definition) is 3. The molecular weight excluding hydrogens is 244 g/mol. The molecule has 0 aromatic heterocycles. The van der Waals surface area contributed by atoms with Crippen molar-refractivity contribution in [3.05, 3.63) is 23.8 Å². The van der Waals surface area contributed by atoms with E-state index in [4.69, 9.17) is 0 Å². The Kier molecular flexibility index (Phi) is 3.10. The molecule has 5 nitrogen and oxygen atoms in total. The first-order valence-electron chi connectivity index (χ1n) is 6.12. The van der Waals surface area contributed by atoms with Gasteiger partial charge in [0.25, 0.3) is 5.91 Å². The third kappa shape index (κ3) is 2.33. The molecule has 0 unspecified atom stereocenters. The molecule has 0 fully saturated rings. The molecule has 5 heteroatoms. The number of anilines is 2. The van der Waals surface area contributed by atoms with Gasteiger partial charge in [-0.25, -0.2) is 0 Å². The van der Waals surface area contributed by atoms with Gasteiger partial charge >= 0.3 is 0 Å². The van der Waals surface area contributed by atoms with E-state index in [-0.39, 0.29) is 11.8 Å². The van der Waals surface area contributed by atoms with E-state index < -0.39 is 5.60 Å². The molecule has 0 spiro atoms. The van der Waals surface area contributed by atoms with Gasteiger partial charge in [0.15, 0.2) is 0 Å². The first-order valence-corrected chi connectivity index (χ1v) is 6.12. The normalized spacial score (nSPS) is 14.6. The number of rotatable bonds is 2. The van der Waals surface area contributed by atoms with Crippen molar-refractivity contribution in [2.24, 2.45) is 0 Å². The highest BCUT2D eigenvalue weighted by molar-refractivity contribution is 6.03. The standard InChI is InChI=1S/C14H18N2O3/c1-14(2,19)13(18)15(3)10-5-6-11-9(7-10)8-12(17)16(11)4/h5-7,19H,8H2,1-4H3. The van der Waals surface area contributed by atoms with Crippen molar-refractivity contribution < 1.29 is 14.7 Å². The average molecular weight is 262 g/mol. The number of amides is 2. The number of carbonyl (C=O) groups is 2. The molecule has 1 N–H and O–H groups in total. The minimum atomic E-state index is -1.42. The number of benzene rings is 1. The Morgan fingerprint density at radius 3 is 2.63 bits per heavy atom. The zero-order valence-corrected chi connectivity index (χ0v) is 11.6. The summed E-state index contributed by atoms with van der Waals surface area (Å²) in [6.45, 7) is 2.91.